The molecule has 3 nitrogen and oxygen atoms in total. The normalized spacial score (nSPS) is 17.4. The van der Waals surface area contributed by atoms with Crippen LogP contribution < -0.4 is 5.32 Å². The van der Waals surface area contributed by atoms with Crippen molar-refractivity contribution in [2.24, 2.45) is 0 Å². The number of carbonyl (C=O) groups excluding carboxylic acids is 1. The highest BCUT2D eigenvalue weighted by molar-refractivity contribution is 5.89. The van der Waals surface area contributed by atoms with E-state index in [-0.39, 0.29) is 17.9 Å². The van der Waals surface area contributed by atoms with Crippen LogP contribution in [0.1, 0.15) is 51.5 Å². The molecule has 2 rings (SSSR count). The molecule has 0 heterocycles. The number of aliphatic hydroxyl groups excluding tert-OH is 1. The predicted octanol–water partition coefficient (Wildman–Crippen LogP) is 2.78. The number of aliphatic hydroxyl groups is 1. The summed E-state index contributed by atoms with van der Waals surface area (Å²) in [5.74, 6) is 0.0766. The number of nitrogens with one attached hydrogen (secondary N) is 1. The third-order valence-electron chi connectivity index (χ3n) is 5.00. The van der Waals surface area contributed by atoms with Gasteiger partial charge < -0.3 is 10.4 Å². The molecule has 1 aromatic carbocycles. The third-order valence-corrected chi connectivity index (χ3v) is 5.00. The first-order chi connectivity index (χ1) is 9.62. The van der Waals surface area contributed by atoms with Gasteiger partial charge in [-0.1, -0.05) is 50.6 Å². The quantitative estimate of drug-likeness (QED) is 0.838. The molecule has 1 aromatic rings. The first-order valence-electron chi connectivity index (χ1n) is 7.61. The van der Waals surface area contributed by atoms with Gasteiger partial charge in [0.1, 0.15) is 0 Å². The molecule has 0 aromatic heterocycles. The van der Waals surface area contributed by atoms with Crippen molar-refractivity contribution in [3.63, 3.8) is 0 Å². The van der Waals surface area contributed by atoms with Crippen LogP contribution >= 0.6 is 0 Å². The molecular weight excluding hydrogens is 250 g/mol. The molecule has 1 aliphatic rings. The Hall–Kier alpha value is -1.35. The molecule has 3 heteroatoms. The molecule has 2 N–H and O–H groups in total. The van der Waals surface area contributed by atoms with Gasteiger partial charge in [0, 0.05) is 0 Å². The fourth-order valence-corrected chi connectivity index (χ4v) is 2.98. The van der Waals surface area contributed by atoms with Crippen molar-refractivity contribution in [2.45, 2.75) is 56.9 Å². The number of rotatable bonds is 6. The van der Waals surface area contributed by atoms with Gasteiger partial charge in [0.15, 0.2) is 0 Å². The van der Waals surface area contributed by atoms with Crippen molar-refractivity contribution < 1.29 is 9.90 Å². The number of hydrogen-bond acceptors (Lipinski definition) is 2. The van der Waals surface area contributed by atoms with E-state index in [9.17, 15) is 9.90 Å². The minimum atomic E-state index is -0.478. The summed E-state index contributed by atoms with van der Waals surface area (Å²) < 4.78 is 0. The van der Waals surface area contributed by atoms with E-state index in [0.29, 0.717) is 0 Å². The van der Waals surface area contributed by atoms with Gasteiger partial charge in [0.25, 0.3) is 0 Å². The van der Waals surface area contributed by atoms with Crippen molar-refractivity contribution in [2.75, 3.05) is 6.61 Å². The lowest BCUT2D eigenvalue weighted by molar-refractivity contribution is -0.132. The molecule has 1 aliphatic carbocycles. The summed E-state index contributed by atoms with van der Waals surface area (Å²) >= 11 is 0. The summed E-state index contributed by atoms with van der Waals surface area (Å²) in [4.78, 5) is 12.8. The molecule has 0 radical (unpaired) electrons. The molecule has 0 aliphatic heterocycles. The van der Waals surface area contributed by atoms with E-state index in [1.807, 2.05) is 44.2 Å². The van der Waals surface area contributed by atoms with Gasteiger partial charge in [-0.15, -0.1) is 0 Å². The molecule has 0 spiro atoms. The standard InChI is InChI=1S/C17H25NO2/c1-3-16(4-2,13-19)18-15(20)17(11-8-12-17)14-9-6-5-7-10-14/h5-7,9-10,19H,3-4,8,11-13H2,1-2H3,(H,18,20). The Balaban J connectivity index is 2.22. The largest absolute Gasteiger partial charge is 0.394 e. The molecule has 1 saturated carbocycles. The van der Waals surface area contributed by atoms with Crippen molar-refractivity contribution >= 4 is 5.91 Å². The molecular formula is C17H25NO2. The van der Waals surface area contributed by atoms with E-state index in [2.05, 4.69) is 5.32 Å². The average Bonchev–Trinajstić information content (AvgIpc) is 2.45. The maximum atomic E-state index is 12.8. The Morgan fingerprint density at radius 1 is 1.25 bits per heavy atom. The van der Waals surface area contributed by atoms with Crippen LogP contribution in [0.15, 0.2) is 30.3 Å². The third kappa shape index (κ3) is 2.47. The Kier molecular flexibility index (Phi) is 4.48. The van der Waals surface area contributed by atoms with Gasteiger partial charge in [-0.3, -0.25) is 4.79 Å². The Morgan fingerprint density at radius 2 is 1.85 bits per heavy atom. The van der Waals surface area contributed by atoms with Gasteiger partial charge in [0.2, 0.25) is 5.91 Å². The zero-order valence-electron chi connectivity index (χ0n) is 12.5. The van der Waals surface area contributed by atoms with Gasteiger partial charge >= 0.3 is 0 Å². The van der Waals surface area contributed by atoms with Crippen LogP contribution in [0.4, 0.5) is 0 Å². The molecule has 110 valence electrons. The second-order valence-electron chi connectivity index (χ2n) is 5.90. The van der Waals surface area contributed by atoms with Crippen molar-refractivity contribution in [3.8, 4) is 0 Å². The SMILES string of the molecule is CCC(CC)(CO)NC(=O)C1(c2ccccc2)CCC1. The first-order valence-corrected chi connectivity index (χ1v) is 7.61. The maximum Gasteiger partial charge on any atom is 0.231 e. The van der Waals surface area contributed by atoms with E-state index in [1.165, 1.54) is 0 Å². The van der Waals surface area contributed by atoms with Crippen molar-refractivity contribution in [3.05, 3.63) is 35.9 Å². The monoisotopic (exact) mass is 275 g/mol. The molecule has 0 saturated heterocycles. The smallest absolute Gasteiger partial charge is 0.231 e. The first kappa shape index (κ1) is 15.0. The molecule has 1 amide bonds. The molecule has 20 heavy (non-hydrogen) atoms. The highest BCUT2D eigenvalue weighted by atomic mass is 16.3. The van der Waals surface area contributed by atoms with E-state index in [1.54, 1.807) is 0 Å². The van der Waals surface area contributed by atoms with Gasteiger partial charge in [0.05, 0.1) is 17.6 Å². The van der Waals surface area contributed by atoms with Crippen LogP contribution in [0.2, 0.25) is 0 Å². The lowest BCUT2D eigenvalue weighted by atomic mass is 9.63. The minimum Gasteiger partial charge on any atom is -0.394 e. The van der Waals surface area contributed by atoms with Crippen LogP contribution in [-0.4, -0.2) is 23.2 Å². The highest BCUT2D eigenvalue weighted by Crippen LogP contribution is 2.44. The average molecular weight is 275 g/mol. The molecule has 0 unspecified atom stereocenters. The van der Waals surface area contributed by atoms with Crippen LogP contribution in [0, 0.1) is 0 Å². The Labute approximate surface area is 121 Å². The zero-order chi connectivity index (χ0) is 14.6. The topological polar surface area (TPSA) is 49.3 Å². The lowest BCUT2D eigenvalue weighted by Gasteiger charge is -2.44. The summed E-state index contributed by atoms with van der Waals surface area (Å²) in [6.07, 6.45) is 4.38. The summed E-state index contributed by atoms with van der Waals surface area (Å²) in [5, 5.41) is 12.8. The number of benzene rings is 1. The summed E-state index contributed by atoms with van der Waals surface area (Å²) in [7, 11) is 0. The van der Waals surface area contributed by atoms with Gasteiger partial charge in [-0.05, 0) is 31.2 Å². The van der Waals surface area contributed by atoms with E-state index >= 15 is 0 Å². The maximum absolute atomic E-state index is 12.8. The van der Waals surface area contributed by atoms with Crippen molar-refractivity contribution in [1.82, 2.24) is 5.32 Å². The van der Waals surface area contributed by atoms with Crippen LogP contribution in [0.25, 0.3) is 0 Å². The van der Waals surface area contributed by atoms with Crippen LogP contribution in [-0.2, 0) is 10.2 Å². The summed E-state index contributed by atoms with van der Waals surface area (Å²) in [6, 6.07) is 10.0. The Morgan fingerprint density at radius 3 is 2.25 bits per heavy atom. The van der Waals surface area contributed by atoms with E-state index in [0.717, 1.165) is 37.7 Å². The number of carbonyl (C=O) groups is 1. The second kappa shape index (κ2) is 5.96. The molecule has 0 bridgehead atoms. The zero-order valence-corrected chi connectivity index (χ0v) is 12.5. The van der Waals surface area contributed by atoms with E-state index < -0.39 is 5.54 Å². The van der Waals surface area contributed by atoms with Crippen LogP contribution in [0.3, 0.4) is 0 Å². The lowest BCUT2D eigenvalue weighted by Crippen LogP contribution is -2.58. The minimum absolute atomic E-state index is 0.00336. The summed E-state index contributed by atoms with van der Waals surface area (Å²) in [5.41, 5.74) is 0.239. The fraction of sp³-hybridized carbons (Fsp3) is 0.588. The van der Waals surface area contributed by atoms with Crippen LogP contribution in [0.5, 0.6) is 0 Å². The highest BCUT2D eigenvalue weighted by Gasteiger charge is 2.47. The molecule has 0 atom stereocenters. The van der Waals surface area contributed by atoms with Gasteiger partial charge in [-0.2, -0.15) is 0 Å². The summed E-state index contributed by atoms with van der Waals surface area (Å²) in [6.45, 7) is 4.02. The van der Waals surface area contributed by atoms with E-state index in [4.69, 9.17) is 0 Å². The van der Waals surface area contributed by atoms with Crippen molar-refractivity contribution in [1.29, 1.82) is 0 Å². The number of amides is 1. The number of hydrogen-bond donors (Lipinski definition) is 2. The van der Waals surface area contributed by atoms with Gasteiger partial charge in [-0.25, -0.2) is 0 Å². The second-order valence-corrected chi connectivity index (χ2v) is 5.90. The predicted molar refractivity (Wildman–Crippen MR) is 80.5 cm³/mol. The Bertz CT molecular complexity index is 439. The molecule has 1 fully saturated rings. The fourth-order valence-electron chi connectivity index (χ4n) is 2.98.